The summed E-state index contributed by atoms with van der Waals surface area (Å²) in [7, 11) is -3.86. The van der Waals surface area contributed by atoms with E-state index in [2.05, 4.69) is 5.32 Å². The fourth-order valence-corrected chi connectivity index (χ4v) is 3.14. The molecular formula is C19H15F3N2O4S. The Morgan fingerprint density at radius 1 is 1.07 bits per heavy atom. The van der Waals surface area contributed by atoms with Gasteiger partial charge in [0, 0.05) is 11.3 Å². The van der Waals surface area contributed by atoms with Crippen LogP contribution in [0, 0.1) is 6.92 Å². The zero-order valence-corrected chi connectivity index (χ0v) is 15.8. The van der Waals surface area contributed by atoms with Gasteiger partial charge >= 0.3 is 6.18 Å². The first-order valence-electron chi connectivity index (χ1n) is 8.17. The maximum Gasteiger partial charge on any atom is 0.416 e. The van der Waals surface area contributed by atoms with Crippen molar-refractivity contribution in [3.63, 3.8) is 0 Å². The van der Waals surface area contributed by atoms with Crippen molar-refractivity contribution in [2.24, 2.45) is 5.14 Å². The predicted molar refractivity (Wildman–Crippen MR) is 99.7 cm³/mol. The van der Waals surface area contributed by atoms with Crippen molar-refractivity contribution in [1.82, 2.24) is 0 Å². The number of hydrogen-bond acceptors (Lipinski definition) is 4. The molecule has 1 heterocycles. The Labute approximate surface area is 164 Å². The van der Waals surface area contributed by atoms with Crippen molar-refractivity contribution >= 4 is 21.6 Å². The SMILES string of the molecule is Cc1oc(-c2cccc(C(F)(F)F)c2)cc1C(=O)Nc1ccc(S(N)(=O)=O)cc1. The number of halogens is 3. The molecule has 0 unspecified atom stereocenters. The summed E-state index contributed by atoms with van der Waals surface area (Å²) in [5.41, 5.74) is -0.207. The molecule has 0 saturated carbocycles. The number of nitrogens with two attached hydrogens (primary N) is 1. The Bertz CT molecular complexity index is 1170. The first-order valence-corrected chi connectivity index (χ1v) is 9.72. The summed E-state index contributed by atoms with van der Waals surface area (Å²) in [6.45, 7) is 1.51. The van der Waals surface area contributed by atoms with Gasteiger partial charge in [-0.1, -0.05) is 12.1 Å². The molecule has 6 nitrogen and oxygen atoms in total. The van der Waals surface area contributed by atoms with Crippen LogP contribution in [-0.4, -0.2) is 14.3 Å². The van der Waals surface area contributed by atoms with Gasteiger partial charge in [0.15, 0.2) is 0 Å². The van der Waals surface area contributed by atoms with E-state index in [1.807, 2.05) is 0 Å². The van der Waals surface area contributed by atoms with Crippen LogP contribution in [0.5, 0.6) is 0 Å². The molecule has 3 rings (SSSR count). The molecule has 2 aromatic carbocycles. The second-order valence-electron chi connectivity index (χ2n) is 6.18. The number of aryl methyl sites for hydroxylation is 1. The van der Waals surface area contributed by atoms with Gasteiger partial charge in [0.05, 0.1) is 16.0 Å². The Hall–Kier alpha value is -3.11. The minimum Gasteiger partial charge on any atom is -0.461 e. The lowest BCUT2D eigenvalue weighted by Gasteiger charge is -2.07. The summed E-state index contributed by atoms with van der Waals surface area (Å²) in [6.07, 6.45) is -4.50. The number of furan rings is 1. The summed E-state index contributed by atoms with van der Waals surface area (Å²) in [5.74, 6) is -0.229. The first-order chi connectivity index (χ1) is 13.4. The molecule has 0 bridgehead atoms. The molecule has 3 aromatic rings. The van der Waals surface area contributed by atoms with Gasteiger partial charge in [0.25, 0.3) is 5.91 Å². The molecule has 1 aromatic heterocycles. The average molecular weight is 424 g/mol. The molecule has 0 radical (unpaired) electrons. The van der Waals surface area contributed by atoms with Gasteiger partial charge in [-0.25, -0.2) is 13.6 Å². The lowest BCUT2D eigenvalue weighted by molar-refractivity contribution is -0.137. The summed E-state index contributed by atoms with van der Waals surface area (Å²) in [5, 5.41) is 7.58. The van der Waals surface area contributed by atoms with Crippen LogP contribution in [0.15, 0.2) is 63.9 Å². The quantitative estimate of drug-likeness (QED) is 0.656. The van der Waals surface area contributed by atoms with Crippen LogP contribution in [0.1, 0.15) is 21.7 Å². The van der Waals surface area contributed by atoms with Crippen molar-refractivity contribution in [3.8, 4) is 11.3 Å². The monoisotopic (exact) mass is 424 g/mol. The van der Waals surface area contributed by atoms with E-state index in [-0.39, 0.29) is 27.5 Å². The van der Waals surface area contributed by atoms with Crippen LogP contribution in [0.3, 0.4) is 0 Å². The van der Waals surface area contributed by atoms with Crippen molar-refractivity contribution < 1.29 is 30.8 Å². The first kappa shape index (κ1) is 20.6. The molecule has 0 fully saturated rings. The third-order valence-corrected chi connectivity index (χ3v) is 5.01. The van der Waals surface area contributed by atoms with E-state index in [9.17, 15) is 26.4 Å². The van der Waals surface area contributed by atoms with E-state index in [1.165, 1.54) is 49.4 Å². The van der Waals surface area contributed by atoms with Crippen LogP contribution >= 0.6 is 0 Å². The Kier molecular flexibility index (Phi) is 5.24. The topological polar surface area (TPSA) is 102 Å². The maximum absolute atomic E-state index is 12.9. The lowest BCUT2D eigenvalue weighted by atomic mass is 10.1. The highest BCUT2D eigenvalue weighted by Crippen LogP contribution is 2.33. The number of carbonyl (C=O) groups excluding carboxylic acids is 1. The molecule has 0 aliphatic heterocycles. The number of primary sulfonamides is 1. The van der Waals surface area contributed by atoms with Gasteiger partial charge in [0.2, 0.25) is 10.0 Å². The minimum atomic E-state index is -4.50. The number of alkyl halides is 3. The van der Waals surface area contributed by atoms with Gasteiger partial charge < -0.3 is 9.73 Å². The van der Waals surface area contributed by atoms with Gasteiger partial charge in [-0.15, -0.1) is 0 Å². The molecule has 10 heteroatoms. The number of anilines is 1. The highest BCUT2D eigenvalue weighted by molar-refractivity contribution is 7.89. The second kappa shape index (κ2) is 7.37. The molecule has 29 heavy (non-hydrogen) atoms. The predicted octanol–water partition coefficient (Wildman–Crippen LogP) is 4.17. The van der Waals surface area contributed by atoms with E-state index in [0.717, 1.165) is 12.1 Å². The number of benzene rings is 2. The zero-order valence-electron chi connectivity index (χ0n) is 14.9. The molecular weight excluding hydrogens is 409 g/mol. The van der Waals surface area contributed by atoms with Crippen LogP contribution in [-0.2, 0) is 16.2 Å². The minimum absolute atomic E-state index is 0.109. The molecule has 3 N–H and O–H groups in total. The molecule has 0 atom stereocenters. The summed E-state index contributed by atoms with van der Waals surface area (Å²) >= 11 is 0. The van der Waals surface area contributed by atoms with Crippen LogP contribution in [0.4, 0.5) is 18.9 Å². The van der Waals surface area contributed by atoms with Gasteiger partial charge in [-0.2, -0.15) is 13.2 Å². The summed E-state index contributed by atoms with van der Waals surface area (Å²) < 4.78 is 66.7. The standard InChI is InChI=1S/C19H15F3N2O4S/c1-11-16(18(25)24-14-5-7-15(8-6-14)29(23,26)27)10-17(28-11)12-3-2-4-13(9-12)19(20,21)22/h2-10H,1H3,(H,24,25)(H2,23,26,27). The fraction of sp³-hybridized carbons (Fsp3) is 0.105. The number of rotatable bonds is 4. The number of hydrogen-bond donors (Lipinski definition) is 2. The largest absolute Gasteiger partial charge is 0.461 e. The lowest BCUT2D eigenvalue weighted by Crippen LogP contribution is -2.14. The van der Waals surface area contributed by atoms with Crippen molar-refractivity contribution in [1.29, 1.82) is 0 Å². The van der Waals surface area contributed by atoms with Crippen LogP contribution in [0.25, 0.3) is 11.3 Å². The average Bonchev–Trinajstić information content (AvgIpc) is 3.03. The molecule has 0 aliphatic carbocycles. The van der Waals surface area contributed by atoms with Crippen molar-refractivity contribution in [2.75, 3.05) is 5.32 Å². The maximum atomic E-state index is 12.9. The number of nitrogens with one attached hydrogen (secondary N) is 1. The summed E-state index contributed by atoms with van der Waals surface area (Å²) in [4.78, 5) is 12.4. The number of amides is 1. The van der Waals surface area contributed by atoms with Crippen molar-refractivity contribution in [3.05, 3.63) is 71.5 Å². The Morgan fingerprint density at radius 2 is 1.72 bits per heavy atom. The van der Waals surface area contributed by atoms with E-state index >= 15 is 0 Å². The normalized spacial score (nSPS) is 12.0. The second-order valence-corrected chi connectivity index (χ2v) is 7.74. The molecule has 1 amide bonds. The fourth-order valence-electron chi connectivity index (χ4n) is 2.62. The molecule has 152 valence electrons. The van der Waals surface area contributed by atoms with E-state index in [4.69, 9.17) is 9.56 Å². The summed E-state index contributed by atoms with van der Waals surface area (Å²) in [6, 6.07) is 11.1. The van der Waals surface area contributed by atoms with Crippen LogP contribution < -0.4 is 10.5 Å². The third kappa shape index (κ3) is 4.66. The molecule has 0 saturated heterocycles. The van der Waals surface area contributed by atoms with Crippen LogP contribution in [0.2, 0.25) is 0 Å². The highest BCUT2D eigenvalue weighted by Gasteiger charge is 2.30. The third-order valence-electron chi connectivity index (χ3n) is 4.08. The molecule has 0 aliphatic rings. The highest BCUT2D eigenvalue weighted by atomic mass is 32.2. The van der Waals surface area contributed by atoms with Crippen molar-refractivity contribution in [2.45, 2.75) is 18.0 Å². The van der Waals surface area contributed by atoms with E-state index < -0.39 is 27.7 Å². The number of sulfonamides is 1. The van der Waals surface area contributed by atoms with Gasteiger partial charge in [-0.3, -0.25) is 4.79 Å². The zero-order chi connectivity index (χ0) is 21.4. The van der Waals surface area contributed by atoms with Gasteiger partial charge in [0.1, 0.15) is 11.5 Å². The van der Waals surface area contributed by atoms with Gasteiger partial charge in [-0.05, 0) is 49.4 Å². The Balaban J connectivity index is 1.84. The smallest absolute Gasteiger partial charge is 0.416 e. The van der Waals surface area contributed by atoms with E-state index in [0.29, 0.717) is 5.69 Å². The van der Waals surface area contributed by atoms with E-state index in [1.54, 1.807) is 0 Å². The Morgan fingerprint density at radius 3 is 2.31 bits per heavy atom. The molecule has 0 spiro atoms. The number of carbonyl (C=O) groups is 1.